The maximum absolute atomic E-state index is 9.15. The number of hydrogen-bond acceptors (Lipinski definition) is 1. The van der Waals surface area contributed by atoms with E-state index in [2.05, 4.69) is 38.1 Å². The third-order valence-corrected chi connectivity index (χ3v) is 3.68. The molecular weight excluding hydrogens is 208 g/mol. The second kappa shape index (κ2) is 5.68. The van der Waals surface area contributed by atoms with Gasteiger partial charge in [0.05, 0.1) is 0 Å². The highest BCUT2D eigenvalue weighted by Crippen LogP contribution is 2.44. The summed E-state index contributed by atoms with van der Waals surface area (Å²) in [6, 6.07) is 9.08. The molecule has 1 aromatic rings. The predicted octanol–water partition coefficient (Wildman–Crippen LogP) is 3.76. The first-order chi connectivity index (χ1) is 8.20. The van der Waals surface area contributed by atoms with Crippen molar-refractivity contribution < 1.29 is 5.11 Å². The van der Waals surface area contributed by atoms with Gasteiger partial charge >= 0.3 is 0 Å². The Morgan fingerprint density at radius 1 is 1.18 bits per heavy atom. The van der Waals surface area contributed by atoms with E-state index in [0.717, 1.165) is 24.7 Å². The van der Waals surface area contributed by atoms with Crippen molar-refractivity contribution in [2.24, 2.45) is 11.8 Å². The molecule has 0 saturated heterocycles. The summed E-state index contributed by atoms with van der Waals surface area (Å²) >= 11 is 0. The van der Waals surface area contributed by atoms with Gasteiger partial charge in [-0.25, -0.2) is 0 Å². The smallest absolute Gasteiger partial charge is 0.0436 e. The van der Waals surface area contributed by atoms with Crippen LogP contribution in [-0.4, -0.2) is 11.7 Å². The maximum Gasteiger partial charge on any atom is 0.0436 e. The largest absolute Gasteiger partial charge is 0.396 e. The fourth-order valence-electron chi connectivity index (χ4n) is 2.68. The molecule has 1 aliphatic rings. The molecule has 1 fully saturated rings. The van der Waals surface area contributed by atoms with Crippen LogP contribution >= 0.6 is 0 Å². The molecule has 0 amide bonds. The molecule has 17 heavy (non-hydrogen) atoms. The van der Waals surface area contributed by atoms with E-state index in [1.165, 1.54) is 24.0 Å². The quantitative estimate of drug-likeness (QED) is 0.791. The first kappa shape index (κ1) is 12.6. The van der Waals surface area contributed by atoms with E-state index in [4.69, 9.17) is 5.11 Å². The van der Waals surface area contributed by atoms with Crippen molar-refractivity contribution in [2.75, 3.05) is 6.61 Å². The van der Waals surface area contributed by atoms with Gasteiger partial charge < -0.3 is 5.11 Å². The molecule has 1 heteroatoms. The Morgan fingerprint density at radius 3 is 2.29 bits per heavy atom. The highest BCUT2D eigenvalue weighted by atomic mass is 16.3. The van der Waals surface area contributed by atoms with Gasteiger partial charge in [-0.1, -0.05) is 38.1 Å². The van der Waals surface area contributed by atoms with Gasteiger partial charge in [0.25, 0.3) is 0 Å². The Balaban J connectivity index is 2.04. The minimum atomic E-state index is 0.314. The van der Waals surface area contributed by atoms with Crippen molar-refractivity contribution in [1.29, 1.82) is 0 Å². The molecule has 1 saturated carbocycles. The molecule has 1 unspecified atom stereocenters. The van der Waals surface area contributed by atoms with Crippen molar-refractivity contribution in [1.82, 2.24) is 0 Å². The van der Waals surface area contributed by atoms with Crippen LogP contribution in [0.1, 0.15) is 50.2 Å². The van der Waals surface area contributed by atoms with Gasteiger partial charge in [-0.2, -0.15) is 0 Å². The van der Waals surface area contributed by atoms with Gasteiger partial charge in [0.1, 0.15) is 0 Å². The van der Waals surface area contributed by atoms with E-state index in [-0.39, 0.29) is 0 Å². The standard InChI is InChI=1S/C16H24O/c1-12(2)11-13-3-5-14(6-4-13)16(9-10-17)15-7-8-15/h3-6,12,15-17H,7-11H2,1-2H3. The Hall–Kier alpha value is -0.820. The fourth-order valence-corrected chi connectivity index (χ4v) is 2.68. The Bertz CT molecular complexity index is 335. The molecule has 0 aliphatic heterocycles. The molecule has 1 N–H and O–H groups in total. The minimum absolute atomic E-state index is 0.314. The summed E-state index contributed by atoms with van der Waals surface area (Å²) < 4.78 is 0. The first-order valence-corrected chi connectivity index (χ1v) is 6.90. The molecule has 0 spiro atoms. The zero-order valence-corrected chi connectivity index (χ0v) is 11.0. The lowest BCUT2D eigenvalue weighted by atomic mass is 9.90. The van der Waals surface area contributed by atoms with Crippen LogP contribution in [0.3, 0.4) is 0 Å². The summed E-state index contributed by atoms with van der Waals surface area (Å²) in [5.41, 5.74) is 2.86. The average Bonchev–Trinajstić information content (AvgIpc) is 3.10. The van der Waals surface area contributed by atoms with E-state index in [1.807, 2.05) is 0 Å². The Kier molecular flexibility index (Phi) is 4.22. The number of hydrogen-bond donors (Lipinski definition) is 1. The highest BCUT2D eigenvalue weighted by Gasteiger charge is 2.31. The van der Waals surface area contributed by atoms with E-state index in [0.29, 0.717) is 12.5 Å². The molecule has 1 aliphatic carbocycles. The lowest BCUT2D eigenvalue weighted by Gasteiger charge is -2.16. The molecule has 2 rings (SSSR count). The van der Waals surface area contributed by atoms with Crippen LogP contribution in [0.2, 0.25) is 0 Å². The minimum Gasteiger partial charge on any atom is -0.396 e. The summed E-state index contributed by atoms with van der Waals surface area (Å²) in [5, 5.41) is 9.15. The van der Waals surface area contributed by atoms with Crippen molar-refractivity contribution in [3.05, 3.63) is 35.4 Å². The van der Waals surface area contributed by atoms with Crippen molar-refractivity contribution in [3.63, 3.8) is 0 Å². The van der Waals surface area contributed by atoms with Crippen LogP contribution in [0, 0.1) is 11.8 Å². The third-order valence-electron chi connectivity index (χ3n) is 3.68. The lowest BCUT2D eigenvalue weighted by Crippen LogP contribution is -2.04. The van der Waals surface area contributed by atoms with E-state index >= 15 is 0 Å². The van der Waals surface area contributed by atoms with Crippen LogP contribution in [-0.2, 0) is 6.42 Å². The molecule has 0 aromatic heterocycles. The summed E-state index contributed by atoms with van der Waals surface area (Å²) in [6.07, 6.45) is 4.78. The number of rotatable bonds is 6. The molecule has 0 radical (unpaired) electrons. The second-order valence-corrected chi connectivity index (χ2v) is 5.80. The van der Waals surface area contributed by atoms with Crippen LogP contribution < -0.4 is 0 Å². The fraction of sp³-hybridized carbons (Fsp3) is 0.625. The van der Waals surface area contributed by atoms with Crippen LogP contribution in [0.25, 0.3) is 0 Å². The number of aliphatic hydroxyl groups is 1. The van der Waals surface area contributed by atoms with E-state index < -0.39 is 0 Å². The van der Waals surface area contributed by atoms with E-state index in [9.17, 15) is 0 Å². The normalized spacial score (nSPS) is 17.4. The molecule has 0 bridgehead atoms. The Labute approximate surface area is 105 Å². The zero-order valence-electron chi connectivity index (χ0n) is 11.0. The zero-order chi connectivity index (χ0) is 12.3. The number of benzene rings is 1. The van der Waals surface area contributed by atoms with Gasteiger partial charge in [0.2, 0.25) is 0 Å². The topological polar surface area (TPSA) is 20.2 Å². The van der Waals surface area contributed by atoms with Crippen LogP contribution in [0.4, 0.5) is 0 Å². The summed E-state index contributed by atoms with van der Waals surface area (Å²) in [7, 11) is 0. The van der Waals surface area contributed by atoms with Crippen molar-refractivity contribution >= 4 is 0 Å². The molecular formula is C16H24O. The van der Waals surface area contributed by atoms with Crippen molar-refractivity contribution in [3.8, 4) is 0 Å². The van der Waals surface area contributed by atoms with Crippen LogP contribution in [0.15, 0.2) is 24.3 Å². The summed E-state index contributed by atoms with van der Waals surface area (Å²) in [5.74, 6) is 2.14. The molecule has 1 atom stereocenters. The summed E-state index contributed by atoms with van der Waals surface area (Å²) in [4.78, 5) is 0. The van der Waals surface area contributed by atoms with E-state index in [1.54, 1.807) is 0 Å². The highest BCUT2D eigenvalue weighted by molar-refractivity contribution is 5.27. The third kappa shape index (κ3) is 3.57. The second-order valence-electron chi connectivity index (χ2n) is 5.80. The lowest BCUT2D eigenvalue weighted by molar-refractivity contribution is 0.270. The number of aliphatic hydroxyl groups excluding tert-OH is 1. The average molecular weight is 232 g/mol. The van der Waals surface area contributed by atoms with Gasteiger partial charge in [0.15, 0.2) is 0 Å². The summed E-state index contributed by atoms with van der Waals surface area (Å²) in [6.45, 7) is 4.83. The monoisotopic (exact) mass is 232 g/mol. The molecule has 0 heterocycles. The molecule has 1 aromatic carbocycles. The first-order valence-electron chi connectivity index (χ1n) is 6.90. The van der Waals surface area contributed by atoms with Gasteiger partial charge in [0, 0.05) is 6.61 Å². The molecule has 94 valence electrons. The maximum atomic E-state index is 9.15. The van der Waals surface area contributed by atoms with Gasteiger partial charge in [-0.15, -0.1) is 0 Å². The molecule has 1 nitrogen and oxygen atoms in total. The van der Waals surface area contributed by atoms with Crippen molar-refractivity contribution in [2.45, 2.75) is 45.4 Å². The van der Waals surface area contributed by atoms with Gasteiger partial charge in [-0.3, -0.25) is 0 Å². The Morgan fingerprint density at radius 2 is 1.82 bits per heavy atom. The van der Waals surface area contributed by atoms with Gasteiger partial charge in [-0.05, 0) is 54.6 Å². The van der Waals surface area contributed by atoms with Crippen LogP contribution in [0.5, 0.6) is 0 Å². The predicted molar refractivity (Wildman–Crippen MR) is 72.2 cm³/mol. The SMILES string of the molecule is CC(C)Cc1ccc(C(CCO)C2CC2)cc1.